The van der Waals surface area contributed by atoms with Crippen LogP contribution in [0.4, 0.5) is 0 Å². The molecular weight excluding hydrogens is 308 g/mol. The Morgan fingerprint density at radius 1 is 1.10 bits per heavy atom. The molecule has 0 spiro atoms. The lowest BCUT2D eigenvalue weighted by Crippen LogP contribution is -2.40. The van der Waals surface area contributed by atoms with Gasteiger partial charge in [0.25, 0.3) is 0 Å². The average Bonchev–Trinajstić information content (AvgIpc) is 3.17. The molecule has 0 aliphatic carbocycles. The number of amides is 2. The van der Waals surface area contributed by atoms with E-state index in [4.69, 9.17) is 0 Å². The maximum absolute atomic E-state index is 11.6. The van der Waals surface area contributed by atoms with Crippen LogP contribution in [0, 0.1) is 0 Å². The van der Waals surface area contributed by atoms with Gasteiger partial charge in [0, 0.05) is 16.3 Å². The molecule has 7 heteroatoms. The minimum absolute atomic E-state index is 0.254. The molecule has 3 N–H and O–H groups in total. The zero-order chi connectivity index (χ0) is 15.1. The highest BCUT2D eigenvalue weighted by molar-refractivity contribution is 7.10. The molecule has 1 atom stereocenters. The van der Waals surface area contributed by atoms with E-state index in [2.05, 4.69) is 10.6 Å². The summed E-state index contributed by atoms with van der Waals surface area (Å²) in [5.41, 5.74) is 0. The fourth-order valence-corrected chi connectivity index (χ4v) is 3.08. The van der Waals surface area contributed by atoms with Crippen molar-refractivity contribution < 1.29 is 14.7 Å². The Kier molecular flexibility index (Phi) is 5.91. The quantitative estimate of drug-likeness (QED) is 0.707. The van der Waals surface area contributed by atoms with Crippen molar-refractivity contribution in [1.82, 2.24) is 10.6 Å². The SMILES string of the molecule is O=C(NCCC(O)c1cccs1)C(=O)NCc1cccs1. The molecule has 0 bridgehead atoms. The van der Waals surface area contributed by atoms with E-state index in [-0.39, 0.29) is 6.54 Å². The van der Waals surface area contributed by atoms with Crippen molar-refractivity contribution in [2.75, 3.05) is 6.54 Å². The number of aliphatic hydroxyl groups excluding tert-OH is 1. The van der Waals surface area contributed by atoms with Crippen LogP contribution in [0.5, 0.6) is 0 Å². The maximum atomic E-state index is 11.6. The fourth-order valence-electron chi connectivity index (χ4n) is 1.69. The van der Waals surface area contributed by atoms with Crippen molar-refractivity contribution in [3.63, 3.8) is 0 Å². The van der Waals surface area contributed by atoms with E-state index >= 15 is 0 Å². The van der Waals surface area contributed by atoms with Crippen LogP contribution in [0.1, 0.15) is 22.3 Å². The van der Waals surface area contributed by atoms with Crippen molar-refractivity contribution in [3.05, 3.63) is 44.8 Å². The van der Waals surface area contributed by atoms with Crippen LogP contribution in [0.15, 0.2) is 35.0 Å². The molecule has 2 amide bonds. The van der Waals surface area contributed by atoms with Crippen molar-refractivity contribution >= 4 is 34.5 Å². The van der Waals surface area contributed by atoms with Gasteiger partial charge < -0.3 is 15.7 Å². The molecule has 0 saturated heterocycles. The van der Waals surface area contributed by atoms with E-state index in [1.807, 2.05) is 35.0 Å². The highest BCUT2D eigenvalue weighted by atomic mass is 32.1. The molecule has 0 aliphatic heterocycles. The molecule has 0 fully saturated rings. The van der Waals surface area contributed by atoms with Gasteiger partial charge >= 0.3 is 11.8 Å². The minimum atomic E-state index is -0.676. The zero-order valence-corrected chi connectivity index (χ0v) is 12.9. The van der Waals surface area contributed by atoms with Gasteiger partial charge in [0.15, 0.2) is 0 Å². The summed E-state index contributed by atoms with van der Waals surface area (Å²) in [6.07, 6.45) is -0.232. The number of carbonyl (C=O) groups is 2. The van der Waals surface area contributed by atoms with Crippen LogP contribution in [0.25, 0.3) is 0 Å². The van der Waals surface area contributed by atoms with Crippen LogP contribution in [0.3, 0.4) is 0 Å². The molecule has 0 saturated carbocycles. The molecule has 1 unspecified atom stereocenters. The van der Waals surface area contributed by atoms with Crippen LogP contribution in [-0.2, 0) is 16.1 Å². The molecule has 5 nitrogen and oxygen atoms in total. The Labute approximate surface area is 130 Å². The zero-order valence-electron chi connectivity index (χ0n) is 11.2. The van der Waals surface area contributed by atoms with Gasteiger partial charge in [-0.15, -0.1) is 22.7 Å². The van der Waals surface area contributed by atoms with Crippen LogP contribution in [-0.4, -0.2) is 23.5 Å². The summed E-state index contributed by atoms with van der Waals surface area (Å²) in [6, 6.07) is 7.48. The van der Waals surface area contributed by atoms with Gasteiger partial charge in [-0.3, -0.25) is 9.59 Å². The van der Waals surface area contributed by atoms with E-state index < -0.39 is 17.9 Å². The summed E-state index contributed by atoms with van der Waals surface area (Å²) in [4.78, 5) is 25.0. The highest BCUT2D eigenvalue weighted by Gasteiger charge is 2.14. The van der Waals surface area contributed by atoms with Gasteiger partial charge in [-0.05, 0) is 29.3 Å². The molecule has 2 aromatic heterocycles. The number of carbonyl (C=O) groups excluding carboxylic acids is 2. The largest absolute Gasteiger partial charge is 0.388 e. The molecule has 0 radical (unpaired) electrons. The van der Waals surface area contributed by atoms with Crippen molar-refractivity contribution in [2.45, 2.75) is 19.1 Å². The average molecular weight is 324 g/mol. The second kappa shape index (κ2) is 7.92. The van der Waals surface area contributed by atoms with E-state index in [0.717, 1.165) is 9.75 Å². The van der Waals surface area contributed by atoms with E-state index in [1.54, 1.807) is 0 Å². The Bertz CT molecular complexity index is 567. The number of hydrogen-bond acceptors (Lipinski definition) is 5. The number of aliphatic hydroxyl groups is 1. The van der Waals surface area contributed by atoms with Gasteiger partial charge in [-0.25, -0.2) is 0 Å². The summed E-state index contributed by atoms with van der Waals surface area (Å²) in [7, 11) is 0. The third-order valence-electron chi connectivity index (χ3n) is 2.78. The van der Waals surface area contributed by atoms with Gasteiger partial charge in [0.05, 0.1) is 12.6 Å². The second-order valence-electron chi connectivity index (χ2n) is 4.34. The predicted molar refractivity (Wildman–Crippen MR) is 83.1 cm³/mol. The first-order chi connectivity index (χ1) is 10.2. The summed E-state index contributed by atoms with van der Waals surface area (Å²) in [5, 5.41) is 18.7. The standard InChI is InChI=1S/C14H16N2O3S2/c17-11(12-4-2-8-21-12)5-6-15-13(18)14(19)16-9-10-3-1-7-20-10/h1-4,7-8,11,17H,5-6,9H2,(H,15,18)(H,16,19). The van der Waals surface area contributed by atoms with Gasteiger partial charge in [0.1, 0.15) is 0 Å². The topological polar surface area (TPSA) is 78.4 Å². The fraction of sp³-hybridized carbons (Fsp3) is 0.286. The Hall–Kier alpha value is -1.70. The van der Waals surface area contributed by atoms with E-state index in [9.17, 15) is 14.7 Å². The predicted octanol–water partition coefficient (Wildman–Crippen LogP) is 1.67. The monoisotopic (exact) mass is 324 g/mol. The number of nitrogens with one attached hydrogen (secondary N) is 2. The van der Waals surface area contributed by atoms with Crippen molar-refractivity contribution in [3.8, 4) is 0 Å². The summed E-state index contributed by atoms with van der Waals surface area (Å²) in [6.45, 7) is 0.603. The minimum Gasteiger partial charge on any atom is -0.388 e. The van der Waals surface area contributed by atoms with Gasteiger partial charge in [-0.1, -0.05) is 12.1 Å². The first-order valence-corrected chi connectivity index (χ1v) is 8.22. The number of thiophene rings is 2. The maximum Gasteiger partial charge on any atom is 0.309 e. The Morgan fingerprint density at radius 3 is 2.48 bits per heavy atom. The summed E-state index contributed by atoms with van der Waals surface area (Å²) in [5.74, 6) is -1.33. The van der Waals surface area contributed by atoms with Crippen molar-refractivity contribution in [1.29, 1.82) is 0 Å². The lowest BCUT2D eigenvalue weighted by atomic mass is 10.2. The second-order valence-corrected chi connectivity index (χ2v) is 6.35. The molecule has 2 aromatic rings. The lowest BCUT2D eigenvalue weighted by Gasteiger charge is -2.09. The number of rotatable bonds is 6. The summed E-state index contributed by atoms with van der Waals surface area (Å²) >= 11 is 2.98. The molecule has 0 aliphatic rings. The van der Waals surface area contributed by atoms with Gasteiger partial charge in [0.2, 0.25) is 0 Å². The molecule has 2 heterocycles. The Morgan fingerprint density at radius 2 is 1.81 bits per heavy atom. The summed E-state index contributed by atoms with van der Waals surface area (Å²) < 4.78 is 0. The smallest absolute Gasteiger partial charge is 0.309 e. The van der Waals surface area contributed by atoms with Crippen molar-refractivity contribution in [2.24, 2.45) is 0 Å². The third-order valence-corrected chi connectivity index (χ3v) is 4.63. The first kappa shape index (κ1) is 15.7. The molecule has 2 rings (SSSR count). The van der Waals surface area contributed by atoms with Crippen LogP contribution >= 0.6 is 22.7 Å². The Balaban J connectivity index is 1.65. The molecule has 0 aromatic carbocycles. The van der Waals surface area contributed by atoms with Crippen LogP contribution < -0.4 is 10.6 Å². The van der Waals surface area contributed by atoms with Gasteiger partial charge in [-0.2, -0.15) is 0 Å². The van der Waals surface area contributed by atoms with E-state index in [0.29, 0.717) is 13.0 Å². The lowest BCUT2D eigenvalue weighted by molar-refractivity contribution is -0.139. The number of hydrogen-bond donors (Lipinski definition) is 3. The van der Waals surface area contributed by atoms with Crippen LogP contribution in [0.2, 0.25) is 0 Å². The highest BCUT2D eigenvalue weighted by Crippen LogP contribution is 2.20. The van der Waals surface area contributed by atoms with E-state index in [1.165, 1.54) is 22.7 Å². The first-order valence-electron chi connectivity index (χ1n) is 6.46. The molecule has 112 valence electrons. The molecule has 21 heavy (non-hydrogen) atoms. The molecular formula is C14H16N2O3S2. The third kappa shape index (κ3) is 4.96. The normalized spacial score (nSPS) is 11.9.